The summed E-state index contributed by atoms with van der Waals surface area (Å²) in [5.41, 5.74) is 6.63. The van der Waals surface area contributed by atoms with Crippen LogP contribution in [0.2, 0.25) is 0 Å². The van der Waals surface area contributed by atoms with Gasteiger partial charge in [-0.25, -0.2) is 9.37 Å². The van der Waals surface area contributed by atoms with Crippen LogP contribution < -0.4 is 5.73 Å². The summed E-state index contributed by atoms with van der Waals surface area (Å²) in [4.78, 5) is 4.16. The van der Waals surface area contributed by atoms with E-state index < -0.39 is 5.82 Å². The molecule has 0 bridgehead atoms. The fourth-order valence-corrected chi connectivity index (χ4v) is 2.30. The van der Waals surface area contributed by atoms with E-state index in [4.69, 9.17) is 11.1 Å². The number of aryl methyl sites for hydroxylation is 1. The van der Waals surface area contributed by atoms with E-state index in [1.165, 1.54) is 23.9 Å². The van der Waals surface area contributed by atoms with Crippen LogP contribution in [-0.2, 0) is 5.75 Å². The van der Waals surface area contributed by atoms with Gasteiger partial charge in [-0.15, -0.1) is 5.10 Å². The highest BCUT2D eigenvalue weighted by atomic mass is 32.2. The van der Waals surface area contributed by atoms with Gasteiger partial charge in [0.15, 0.2) is 0 Å². The largest absolute Gasteiger partial charge is 0.384 e. The zero-order valence-electron chi connectivity index (χ0n) is 9.70. The highest BCUT2D eigenvalue weighted by Gasteiger charge is 2.09. The average molecular weight is 265 g/mol. The Labute approximate surface area is 108 Å². The van der Waals surface area contributed by atoms with Crippen molar-refractivity contribution in [3.05, 3.63) is 41.0 Å². The molecule has 2 rings (SSSR count). The molecule has 0 unspecified atom stereocenters. The molecule has 7 heteroatoms. The number of nitrogens with one attached hydrogen (secondary N) is 2. The molecule has 18 heavy (non-hydrogen) atoms. The van der Waals surface area contributed by atoms with Crippen molar-refractivity contribution in [1.82, 2.24) is 15.2 Å². The number of aromatic nitrogens is 3. The molecule has 0 amide bonds. The monoisotopic (exact) mass is 265 g/mol. The minimum absolute atomic E-state index is 0.142. The molecule has 1 aromatic carbocycles. The van der Waals surface area contributed by atoms with Crippen molar-refractivity contribution >= 4 is 17.6 Å². The summed E-state index contributed by atoms with van der Waals surface area (Å²) in [7, 11) is 0. The third-order valence-electron chi connectivity index (χ3n) is 2.30. The van der Waals surface area contributed by atoms with E-state index in [1.807, 2.05) is 6.92 Å². The molecule has 0 aliphatic heterocycles. The van der Waals surface area contributed by atoms with Gasteiger partial charge in [-0.1, -0.05) is 17.8 Å². The molecule has 0 fully saturated rings. The van der Waals surface area contributed by atoms with E-state index in [2.05, 4.69) is 15.2 Å². The van der Waals surface area contributed by atoms with Crippen molar-refractivity contribution in [3.8, 4) is 0 Å². The minimum Gasteiger partial charge on any atom is -0.384 e. The molecule has 1 aromatic heterocycles. The Bertz CT molecular complexity index is 581. The van der Waals surface area contributed by atoms with E-state index in [0.29, 0.717) is 16.5 Å². The van der Waals surface area contributed by atoms with Crippen molar-refractivity contribution in [2.75, 3.05) is 0 Å². The van der Waals surface area contributed by atoms with Gasteiger partial charge < -0.3 is 5.73 Å². The minimum atomic E-state index is -0.400. The first-order valence-electron chi connectivity index (χ1n) is 5.21. The van der Waals surface area contributed by atoms with Crippen LogP contribution in [-0.4, -0.2) is 21.0 Å². The SMILES string of the molecule is Cc1nc(SCc2ccc(F)cc2C(=N)N)n[nH]1. The second-order valence-electron chi connectivity index (χ2n) is 3.71. The molecular formula is C11H12FN5S. The van der Waals surface area contributed by atoms with Crippen LogP contribution in [0.15, 0.2) is 23.4 Å². The number of thioether (sulfide) groups is 1. The number of halogens is 1. The number of rotatable bonds is 4. The second-order valence-corrected chi connectivity index (χ2v) is 4.65. The third kappa shape index (κ3) is 2.86. The zero-order valence-corrected chi connectivity index (χ0v) is 10.5. The molecule has 0 atom stereocenters. The molecule has 94 valence electrons. The van der Waals surface area contributed by atoms with Crippen molar-refractivity contribution in [2.24, 2.45) is 5.73 Å². The molecule has 4 N–H and O–H groups in total. The third-order valence-corrected chi connectivity index (χ3v) is 3.19. The molecule has 1 heterocycles. The molecule has 0 saturated carbocycles. The highest BCUT2D eigenvalue weighted by Crippen LogP contribution is 2.22. The fourth-order valence-electron chi connectivity index (χ4n) is 1.45. The second kappa shape index (κ2) is 5.18. The number of benzene rings is 1. The lowest BCUT2D eigenvalue weighted by atomic mass is 10.1. The van der Waals surface area contributed by atoms with Gasteiger partial charge in [0, 0.05) is 11.3 Å². The standard InChI is InChI=1S/C11H12FN5S/c1-6-15-11(17-16-6)18-5-7-2-3-8(12)4-9(7)10(13)14/h2-4H,5H2,1H3,(H3,13,14)(H,15,16,17). The molecule has 2 aromatic rings. The van der Waals surface area contributed by atoms with Crippen molar-refractivity contribution in [3.63, 3.8) is 0 Å². The lowest BCUT2D eigenvalue weighted by Gasteiger charge is -2.06. The van der Waals surface area contributed by atoms with Gasteiger partial charge in [0.05, 0.1) is 0 Å². The van der Waals surface area contributed by atoms with Gasteiger partial charge in [0.1, 0.15) is 17.5 Å². The first-order valence-corrected chi connectivity index (χ1v) is 6.19. The summed E-state index contributed by atoms with van der Waals surface area (Å²) < 4.78 is 13.1. The molecule has 0 saturated heterocycles. The van der Waals surface area contributed by atoms with Crippen LogP contribution in [0.5, 0.6) is 0 Å². The predicted octanol–water partition coefficient (Wildman–Crippen LogP) is 1.83. The first kappa shape index (κ1) is 12.6. The Morgan fingerprint density at radius 2 is 2.33 bits per heavy atom. The van der Waals surface area contributed by atoms with Crippen LogP contribution in [0.25, 0.3) is 0 Å². The number of hydrogen-bond acceptors (Lipinski definition) is 4. The van der Waals surface area contributed by atoms with Gasteiger partial charge in [0.25, 0.3) is 0 Å². The van der Waals surface area contributed by atoms with E-state index in [9.17, 15) is 4.39 Å². The van der Waals surface area contributed by atoms with Crippen LogP contribution in [0.4, 0.5) is 4.39 Å². The lowest BCUT2D eigenvalue weighted by Crippen LogP contribution is -2.13. The van der Waals surface area contributed by atoms with E-state index in [1.54, 1.807) is 6.07 Å². The van der Waals surface area contributed by atoms with Crippen LogP contribution in [0.3, 0.4) is 0 Å². The van der Waals surface area contributed by atoms with Crippen LogP contribution >= 0.6 is 11.8 Å². The summed E-state index contributed by atoms with van der Waals surface area (Å²) in [6, 6.07) is 4.24. The molecule has 0 aliphatic rings. The summed E-state index contributed by atoms with van der Waals surface area (Å²) in [6.07, 6.45) is 0. The normalized spacial score (nSPS) is 10.6. The van der Waals surface area contributed by atoms with E-state index in [-0.39, 0.29) is 5.84 Å². The van der Waals surface area contributed by atoms with Gasteiger partial charge in [-0.3, -0.25) is 10.5 Å². The Balaban J connectivity index is 2.16. The summed E-state index contributed by atoms with van der Waals surface area (Å²) in [5.74, 6) is 0.731. The summed E-state index contributed by atoms with van der Waals surface area (Å²) in [5, 5.41) is 14.8. The Hall–Kier alpha value is -1.89. The Morgan fingerprint density at radius 1 is 1.56 bits per heavy atom. The van der Waals surface area contributed by atoms with Gasteiger partial charge in [0.2, 0.25) is 5.16 Å². The van der Waals surface area contributed by atoms with Gasteiger partial charge >= 0.3 is 0 Å². The fraction of sp³-hybridized carbons (Fsp3) is 0.182. The molecular weight excluding hydrogens is 253 g/mol. The number of nitrogens with zero attached hydrogens (tertiary/aromatic N) is 2. The molecule has 5 nitrogen and oxygen atoms in total. The average Bonchev–Trinajstić information content (AvgIpc) is 2.73. The predicted molar refractivity (Wildman–Crippen MR) is 68.1 cm³/mol. The van der Waals surface area contributed by atoms with E-state index >= 15 is 0 Å². The van der Waals surface area contributed by atoms with E-state index in [0.717, 1.165) is 11.4 Å². The number of nitrogen functional groups attached to an aromatic ring is 1. The first-order chi connectivity index (χ1) is 8.56. The quantitative estimate of drug-likeness (QED) is 0.447. The maximum atomic E-state index is 13.1. The highest BCUT2D eigenvalue weighted by molar-refractivity contribution is 7.98. The molecule has 0 spiro atoms. The molecule has 0 radical (unpaired) electrons. The number of nitrogens with two attached hydrogens (primary N) is 1. The number of amidine groups is 1. The van der Waals surface area contributed by atoms with Crippen molar-refractivity contribution < 1.29 is 4.39 Å². The van der Waals surface area contributed by atoms with Crippen molar-refractivity contribution in [1.29, 1.82) is 5.41 Å². The molecule has 0 aliphatic carbocycles. The maximum absolute atomic E-state index is 13.1. The van der Waals surface area contributed by atoms with Crippen LogP contribution in [0, 0.1) is 18.2 Å². The topological polar surface area (TPSA) is 91.4 Å². The van der Waals surface area contributed by atoms with Crippen LogP contribution in [0.1, 0.15) is 17.0 Å². The number of hydrogen-bond donors (Lipinski definition) is 3. The van der Waals surface area contributed by atoms with Gasteiger partial charge in [-0.2, -0.15) is 0 Å². The summed E-state index contributed by atoms with van der Waals surface area (Å²) >= 11 is 1.40. The zero-order chi connectivity index (χ0) is 13.1. The summed E-state index contributed by atoms with van der Waals surface area (Å²) in [6.45, 7) is 1.82. The smallest absolute Gasteiger partial charge is 0.208 e. The Morgan fingerprint density at radius 3 is 2.94 bits per heavy atom. The number of H-pyrrole nitrogens is 1. The van der Waals surface area contributed by atoms with Gasteiger partial charge in [-0.05, 0) is 24.6 Å². The Kier molecular flexibility index (Phi) is 3.61. The lowest BCUT2D eigenvalue weighted by molar-refractivity contribution is 0.627. The maximum Gasteiger partial charge on any atom is 0.208 e. The van der Waals surface area contributed by atoms with Crippen molar-refractivity contribution in [2.45, 2.75) is 17.8 Å². The number of aromatic amines is 1.